The summed E-state index contributed by atoms with van der Waals surface area (Å²) >= 11 is 0. The van der Waals surface area contributed by atoms with Crippen LogP contribution in [0.15, 0.2) is 48.7 Å². The Hall–Kier alpha value is -2.29. The van der Waals surface area contributed by atoms with E-state index in [1.165, 1.54) is 17.8 Å². The van der Waals surface area contributed by atoms with Crippen LogP contribution in [0, 0.1) is 12.9 Å². The Morgan fingerprint density at radius 1 is 1.00 bits per heavy atom. The molecule has 88 valence electrons. The number of nitrogens with zero attached hydrogens (tertiary/aromatic N) is 2. The van der Waals surface area contributed by atoms with Gasteiger partial charge in [-0.3, -0.25) is 0 Å². The number of pyridine rings is 2. The van der Waals surface area contributed by atoms with Crippen LogP contribution >= 0.6 is 0 Å². The lowest BCUT2D eigenvalue weighted by molar-refractivity contribution is 0.584. The standard InChI is InChI=1S/C15H11FN2/c1-10-2-3-11-4-6-13(18-14(11)8-10)12-5-7-15(16)17-9-12/h2-9H,1H3. The van der Waals surface area contributed by atoms with Gasteiger partial charge in [-0.15, -0.1) is 0 Å². The number of benzene rings is 1. The van der Waals surface area contributed by atoms with Crippen LogP contribution < -0.4 is 0 Å². The lowest BCUT2D eigenvalue weighted by atomic mass is 10.1. The summed E-state index contributed by atoms with van der Waals surface area (Å²) in [5, 5.41) is 1.10. The Morgan fingerprint density at radius 3 is 2.61 bits per heavy atom. The van der Waals surface area contributed by atoms with Crippen molar-refractivity contribution in [2.75, 3.05) is 0 Å². The number of aromatic nitrogens is 2. The average Bonchev–Trinajstić information content (AvgIpc) is 2.38. The third-order valence-electron chi connectivity index (χ3n) is 2.87. The summed E-state index contributed by atoms with van der Waals surface area (Å²) in [6.07, 6.45) is 1.50. The fourth-order valence-corrected chi connectivity index (χ4v) is 1.92. The zero-order valence-electron chi connectivity index (χ0n) is 9.89. The minimum absolute atomic E-state index is 0.476. The van der Waals surface area contributed by atoms with Crippen molar-refractivity contribution in [3.05, 3.63) is 60.2 Å². The summed E-state index contributed by atoms with van der Waals surface area (Å²) in [5.41, 5.74) is 3.74. The van der Waals surface area contributed by atoms with Crippen LogP contribution in [0.2, 0.25) is 0 Å². The maximum atomic E-state index is 12.8. The predicted molar refractivity (Wildman–Crippen MR) is 69.7 cm³/mol. The Morgan fingerprint density at radius 2 is 1.83 bits per heavy atom. The van der Waals surface area contributed by atoms with Crippen molar-refractivity contribution in [2.45, 2.75) is 6.92 Å². The van der Waals surface area contributed by atoms with Crippen LogP contribution in [0.25, 0.3) is 22.2 Å². The molecule has 18 heavy (non-hydrogen) atoms. The van der Waals surface area contributed by atoms with Crippen molar-refractivity contribution in [2.24, 2.45) is 0 Å². The first kappa shape index (κ1) is 10.8. The number of rotatable bonds is 1. The number of fused-ring (bicyclic) bond motifs is 1. The van der Waals surface area contributed by atoms with Crippen molar-refractivity contribution < 1.29 is 4.39 Å². The van der Waals surface area contributed by atoms with E-state index in [2.05, 4.69) is 16.0 Å². The van der Waals surface area contributed by atoms with Crippen molar-refractivity contribution in [1.82, 2.24) is 9.97 Å². The third kappa shape index (κ3) is 1.95. The lowest BCUT2D eigenvalue weighted by Crippen LogP contribution is -1.88. The topological polar surface area (TPSA) is 25.8 Å². The van der Waals surface area contributed by atoms with Gasteiger partial charge in [0, 0.05) is 17.1 Å². The summed E-state index contributed by atoms with van der Waals surface area (Å²) in [5.74, 6) is -0.476. The quantitative estimate of drug-likeness (QED) is 0.603. The molecule has 2 nitrogen and oxygen atoms in total. The average molecular weight is 238 g/mol. The third-order valence-corrected chi connectivity index (χ3v) is 2.87. The molecule has 0 aliphatic carbocycles. The smallest absolute Gasteiger partial charge is 0.212 e. The molecule has 0 saturated heterocycles. The Balaban J connectivity index is 2.15. The van der Waals surface area contributed by atoms with Crippen LogP contribution in [-0.2, 0) is 0 Å². The summed E-state index contributed by atoms with van der Waals surface area (Å²) < 4.78 is 12.8. The maximum Gasteiger partial charge on any atom is 0.212 e. The second-order valence-electron chi connectivity index (χ2n) is 4.26. The molecule has 3 rings (SSSR count). The van der Waals surface area contributed by atoms with Gasteiger partial charge in [0.05, 0.1) is 11.2 Å². The SMILES string of the molecule is Cc1ccc2ccc(-c3ccc(F)nc3)nc2c1. The Kier molecular flexibility index (Phi) is 2.52. The van der Waals surface area contributed by atoms with Gasteiger partial charge < -0.3 is 0 Å². The van der Waals surface area contributed by atoms with E-state index in [0.29, 0.717) is 0 Å². The van der Waals surface area contributed by atoms with Crippen molar-refractivity contribution >= 4 is 10.9 Å². The van der Waals surface area contributed by atoms with Crippen molar-refractivity contribution in [3.8, 4) is 11.3 Å². The number of hydrogen-bond donors (Lipinski definition) is 0. The highest BCUT2D eigenvalue weighted by atomic mass is 19.1. The first-order valence-corrected chi connectivity index (χ1v) is 5.72. The summed E-state index contributed by atoms with van der Waals surface area (Å²) in [7, 11) is 0. The zero-order valence-corrected chi connectivity index (χ0v) is 9.89. The summed E-state index contributed by atoms with van der Waals surface area (Å²) in [6.45, 7) is 2.03. The molecule has 0 spiro atoms. The molecule has 2 aromatic heterocycles. The van der Waals surface area contributed by atoms with Crippen LogP contribution in [0.1, 0.15) is 5.56 Å². The molecule has 0 radical (unpaired) electrons. The normalized spacial score (nSPS) is 10.8. The van der Waals surface area contributed by atoms with Crippen LogP contribution in [-0.4, -0.2) is 9.97 Å². The molecule has 0 aliphatic rings. The first-order valence-electron chi connectivity index (χ1n) is 5.72. The molecule has 0 amide bonds. The summed E-state index contributed by atoms with van der Waals surface area (Å²) in [4.78, 5) is 8.22. The van der Waals surface area contributed by atoms with Crippen molar-refractivity contribution in [3.63, 3.8) is 0 Å². The minimum Gasteiger partial charge on any atom is -0.248 e. The minimum atomic E-state index is -0.476. The zero-order chi connectivity index (χ0) is 12.5. The van der Waals surface area contributed by atoms with E-state index in [4.69, 9.17) is 0 Å². The number of halogens is 1. The molecule has 0 atom stereocenters. The Labute approximate surface area is 104 Å². The second-order valence-corrected chi connectivity index (χ2v) is 4.26. The van der Waals surface area contributed by atoms with Crippen LogP contribution in [0.5, 0.6) is 0 Å². The Bertz CT molecular complexity index is 705. The molecule has 0 bridgehead atoms. The van der Waals surface area contributed by atoms with Gasteiger partial charge in [0.25, 0.3) is 0 Å². The molecule has 2 heterocycles. The van der Waals surface area contributed by atoms with E-state index in [-0.39, 0.29) is 0 Å². The predicted octanol–water partition coefficient (Wildman–Crippen LogP) is 3.74. The van der Waals surface area contributed by atoms with E-state index in [1.54, 1.807) is 6.07 Å². The fraction of sp³-hybridized carbons (Fsp3) is 0.0667. The molecule has 3 aromatic rings. The molecule has 0 aliphatic heterocycles. The molecule has 0 unspecified atom stereocenters. The molecule has 0 fully saturated rings. The second kappa shape index (κ2) is 4.18. The highest BCUT2D eigenvalue weighted by molar-refractivity contribution is 5.82. The number of hydrogen-bond acceptors (Lipinski definition) is 2. The molecule has 3 heteroatoms. The van der Waals surface area contributed by atoms with Gasteiger partial charge in [-0.05, 0) is 36.8 Å². The van der Waals surface area contributed by atoms with E-state index < -0.39 is 5.95 Å². The highest BCUT2D eigenvalue weighted by Gasteiger charge is 2.02. The van der Waals surface area contributed by atoms with Gasteiger partial charge in [-0.2, -0.15) is 4.39 Å². The van der Waals surface area contributed by atoms with Crippen molar-refractivity contribution in [1.29, 1.82) is 0 Å². The van der Waals surface area contributed by atoms with Crippen LogP contribution in [0.3, 0.4) is 0 Å². The van der Waals surface area contributed by atoms with Gasteiger partial charge in [-0.1, -0.05) is 18.2 Å². The largest absolute Gasteiger partial charge is 0.248 e. The molecular formula is C15H11FN2. The number of aryl methyl sites for hydroxylation is 1. The van der Waals surface area contributed by atoms with Gasteiger partial charge >= 0.3 is 0 Å². The fourth-order valence-electron chi connectivity index (χ4n) is 1.92. The van der Waals surface area contributed by atoms with Gasteiger partial charge in [0.15, 0.2) is 0 Å². The lowest BCUT2D eigenvalue weighted by Gasteiger charge is -2.03. The van der Waals surface area contributed by atoms with Gasteiger partial charge in [0.1, 0.15) is 0 Å². The molecule has 1 aromatic carbocycles. The molecule has 0 N–H and O–H groups in total. The van der Waals surface area contributed by atoms with E-state index in [1.807, 2.05) is 31.2 Å². The molecular weight excluding hydrogens is 227 g/mol. The van der Waals surface area contributed by atoms with E-state index in [0.717, 1.165) is 22.2 Å². The van der Waals surface area contributed by atoms with Gasteiger partial charge in [-0.25, -0.2) is 9.97 Å². The van der Waals surface area contributed by atoms with E-state index >= 15 is 0 Å². The highest BCUT2D eigenvalue weighted by Crippen LogP contribution is 2.21. The van der Waals surface area contributed by atoms with E-state index in [9.17, 15) is 4.39 Å². The first-order chi connectivity index (χ1) is 8.72. The van der Waals surface area contributed by atoms with Gasteiger partial charge in [0.2, 0.25) is 5.95 Å². The summed E-state index contributed by atoms with van der Waals surface area (Å²) in [6, 6.07) is 13.1. The monoisotopic (exact) mass is 238 g/mol. The molecule has 0 saturated carbocycles. The maximum absolute atomic E-state index is 12.8. The van der Waals surface area contributed by atoms with Crippen LogP contribution in [0.4, 0.5) is 4.39 Å².